The van der Waals surface area contributed by atoms with Crippen molar-refractivity contribution < 1.29 is 23.5 Å². The average Bonchev–Trinajstić information content (AvgIpc) is 2.94. The first-order valence-electron chi connectivity index (χ1n) is 11.2. The highest BCUT2D eigenvalue weighted by Gasteiger charge is 2.27. The van der Waals surface area contributed by atoms with Crippen molar-refractivity contribution in [3.8, 4) is 11.5 Å². The summed E-state index contributed by atoms with van der Waals surface area (Å²) in [6.45, 7) is 2.56. The lowest BCUT2D eigenvalue weighted by molar-refractivity contribution is -0.137. The van der Waals surface area contributed by atoms with Crippen LogP contribution >= 0.6 is 0 Å². The zero-order valence-electron chi connectivity index (χ0n) is 19.2. The summed E-state index contributed by atoms with van der Waals surface area (Å²) in [4.78, 5) is 27.2. The van der Waals surface area contributed by atoms with Gasteiger partial charge >= 0.3 is 0 Å². The van der Waals surface area contributed by atoms with Crippen LogP contribution in [0.2, 0.25) is 0 Å². The summed E-state index contributed by atoms with van der Waals surface area (Å²) in [5, 5.41) is 2.92. The molecule has 1 unspecified atom stereocenters. The minimum atomic E-state index is -0.622. The van der Waals surface area contributed by atoms with E-state index < -0.39 is 6.10 Å². The number of amides is 2. The zero-order valence-corrected chi connectivity index (χ0v) is 19.2. The Bertz CT molecular complexity index is 1180. The van der Waals surface area contributed by atoms with Gasteiger partial charge in [-0.25, -0.2) is 4.39 Å². The van der Waals surface area contributed by atoms with Crippen molar-refractivity contribution in [2.24, 2.45) is 0 Å². The quantitative estimate of drug-likeness (QED) is 0.566. The van der Waals surface area contributed by atoms with Crippen molar-refractivity contribution >= 4 is 17.5 Å². The molecule has 1 aliphatic heterocycles. The SMILES string of the molecule is COc1cccc(CC(=O)Nc2ccc3c(c2)CN(CCc2ccc(F)cc2)C(=O)C(C)O3)c1. The van der Waals surface area contributed by atoms with E-state index in [1.807, 2.05) is 30.3 Å². The second kappa shape index (κ2) is 10.4. The number of carbonyl (C=O) groups is 2. The predicted octanol–water partition coefficient (Wildman–Crippen LogP) is 4.37. The van der Waals surface area contributed by atoms with Gasteiger partial charge in [0, 0.05) is 24.3 Å². The lowest BCUT2D eigenvalue weighted by Gasteiger charge is -2.22. The van der Waals surface area contributed by atoms with Crippen LogP contribution in [0.1, 0.15) is 23.6 Å². The van der Waals surface area contributed by atoms with Crippen LogP contribution in [0.5, 0.6) is 11.5 Å². The maximum Gasteiger partial charge on any atom is 0.263 e. The van der Waals surface area contributed by atoms with Crippen molar-refractivity contribution in [2.45, 2.75) is 32.4 Å². The van der Waals surface area contributed by atoms with Crippen LogP contribution in [-0.4, -0.2) is 36.5 Å². The normalized spacial score (nSPS) is 15.2. The van der Waals surface area contributed by atoms with Gasteiger partial charge in [0.15, 0.2) is 6.10 Å². The summed E-state index contributed by atoms with van der Waals surface area (Å²) in [7, 11) is 1.59. The molecule has 3 aromatic rings. The molecule has 1 N–H and O–H groups in total. The number of methoxy groups -OCH3 is 1. The van der Waals surface area contributed by atoms with Crippen LogP contribution in [-0.2, 0) is 29.0 Å². The lowest BCUT2D eigenvalue weighted by Crippen LogP contribution is -2.39. The largest absolute Gasteiger partial charge is 0.497 e. The van der Waals surface area contributed by atoms with E-state index >= 15 is 0 Å². The van der Waals surface area contributed by atoms with Gasteiger partial charge in [0.1, 0.15) is 17.3 Å². The Morgan fingerprint density at radius 1 is 1.12 bits per heavy atom. The third-order valence-electron chi connectivity index (χ3n) is 5.75. The molecule has 176 valence electrons. The van der Waals surface area contributed by atoms with Crippen LogP contribution in [0.25, 0.3) is 0 Å². The summed E-state index contributed by atoms with van der Waals surface area (Å²) in [6.07, 6.45) is 0.192. The summed E-state index contributed by atoms with van der Waals surface area (Å²) in [6, 6.07) is 19.1. The lowest BCUT2D eigenvalue weighted by atomic mass is 10.1. The molecule has 0 aromatic heterocycles. The van der Waals surface area contributed by atoms with Crippen molar-refractivity contribution in [1.82, 2.24) is 4.90 Å². The molecule has 4 rings (SSSR count). The monoisotopic (exact) mass is 462 g/mol. The standard InChI is InChI=1S/C27H27FN2O4/c1-18-27(32)30(13-12-19-6-8-22(28)9-7-19)17-21-16-23(10-11-25(21)34-18)29-26(31)15-20-4-3-5-24(14-20)33-2/h3-11,14,16,18H,12-13,15,17H2,1-2H3,(H,29,31). The van der Waals surface area contributed by atoms with E-state index in [9.17, 15) is 14.0 Å². The van der Waals surface area contributed by atoms with E-state index in [4.69, 9.17) is 9.47 Å². The number of hydrogen-bond acceptors (Lipinski definition) is 4. The second-order valence-corrected chi connectivity index (χ2v) is 8.30. The third kappa shape index (κ3) is 5.73. The van der Waals surface area contributed by atoms with Crippen molar-refractivity contribution in [3.05, 3.63) is 89.2 Å². The number of rotatable bonds is 7. The van der Waals surface area contributed by atoms with E-state index in [1.165, 1.54) is 12.1 Å². The highest BCUT2D eigenvalue weighted by atomic mass is 19.1. The van der Waals surface area contributed by atoms with Crippen molar-refractivity contribution in [1.29, 1.82) is 0 Å². The van der Waals surface area contributed by atoms with Gasteiger partial charge in [0.2, 0.25) is 5.91 Å². The van der Waals surface area contributed by atoms with Crippen LogP contribution in [0, 0.1) is 5.82 Å². The number of ether oxygens (including phenoxy) is 2. The Labute approximate surface area is 198 Å². The fraction of sp³-hybridized carbons (Fsp3) is 0.259. The van der Waals surface area contributed by atoms with E-state index in [-0.39, 0.29) is 24.1 Å². The molecule has 0 radical (unpaired) electrons. The smallest absolute Gasteiger partial charge is 0.263 e. The molecule has 3 aromatic carbocycles. The Morgan fingerprint density at radius 2 is 1.91 bits per heavy atom. The first-order chi connectivity index (χ1) is 16.4. The summed E-state index contributed by atoms with van der Waals surface area (Å²) >= 11 is 0. The Morgan fingerprint density at radius 3 is 2.68 bits per heavy atom. The first kappa shape index (κ1) is 23.3. The molecule has 0 aliphatic carbocycles. The maximum absolute atomic E-state index is 13.2. The molecule has 1 atom stereocenters. The Balaban J connectivity index is 1.45. The fourth-order valence-corrected chi connectivity index (χ4v) is 3.95. The highest BCUT2D eigenvalue weighted by molar-refractivity contribution is 5.92. The van der Waals surface area contributed by atoms with Crippen LogP contribution in [0.3, 0.4) is 0 Å². The molecular formula is C27H27FN2O4. The minimum Gasteiger partial charge on any atom is -0.497 e. The molecule has 0 saturated carbocycles. The van der Waals surface area contributed by atoms with Crippen molar-refractivity contribution in [3.63, 3.8) is 0 Å². The van der Waals surface area contributed by atoms with E-state index in [2.05, 4.69) is 5.32 Å². The zero-order chi connectivity index (χ0) is 24.1. The van der Waals surface area contributed by atoms with E-state index in [1.54, 1.807) is 43.2 Å². The summed E-state index contributed by atoms with van der Waals surface area (Å²) in [5.74, 6) is 0.775. The molecule has 0 bridgehead atoms. The van der Waals surface area contributed by atoms with Gasteiger partial charge in [-0.2, -0.15) is 0 Å². The van der Waals surface area contributed by atoms with E-state index in [0.29, 0.717) is 36.7 Å². The van der Waals surface area contributed by atoms with Gasteiger partial charge in [-0.3, -0.25) is 9.59 Å². The summed E-state index contributed by atoms with van der Waals surface area (Å²) in [5.41, 5.74) is 3.25. The second-order valence-electron chi connectivity index (χ2n) is 8.30. The Hall–Kier alpha value is -3.87. The molecule has 0 spiro atoms. The molecule has 1 aliphatic rings. The van der Waals surface area contributed by atoms with E-state index in [0.717, 1.165) is 16.7 Å². The van der Waals surface area contributed by atoms with Gasteiger partial charge in [0.25, 0.3) is 5.91 Å². The fourth-order valence-electron chi connectivity index (χ4n) is 3.95. The first-order valence-corrected chi connectivity index (χ1v) is 11.2. The van der Waals surface area contributed by atoms with Crippen LogP contribution < -0.4 is 14.8 Å². The molecular weight excluding hydrogens is 435 g/mol. The molecule has 0 saturated heterocycles. The summed E-state index contributed by atoms with van der Waals surface area (Å²) < 4.78 is 24.3. The molecule has 34 heavy (non-hydrogen) atoms. The molecule has 1 heterocycles. The number of benzene rings is 3. The van der Waals surface area contributed by atoms with Crippen LogP contribution in [0.15, 0.2) is 66.7 Å². The maximum atomic E-state index is 13.2. The number of fused-ring (bicyclic) bond motifs is 1. The number of hydrogen-bond donors (Lipinski definition) is 1. The molecule has 7 heteroatoms. The predicted molar refractivity (Wildman–Crippen MR) is 127 cm³/mol. The van der Waals surface area contributed by atoms with Crippen molar-refractivity contribution in [2.75, 3.05) is 19.0 Å². The third-order valence-corrected chi connectivity index (χ3v) is 5.75. The number of nitrogens with one attached hydrogen (secondary N) is 1. The average molecular weight is 463 g/mol. The van der Waals surface area contributed by atoms with Gasteiger partial charge in [-0.1, -0.05) is 24.3 Å². The Kier molecular flexibility index (Phi) is 7.11. The molecule has 6 nitrogen and oxygen atoms in total. The van der Waals surface area contributed by atoms with Gasteiger partial charge in [-0.15, -0.1) is 0 Å². The van der Waals surface area contributed by atoms with Gasteiger partial charge in [-0.05, 0) is 66.9 Å². The molecule has 2 amide bonds. The van der Waals surface area contributed by atoms with Gasteiger partial charge in [0.05, 0.1) is 13.5 Å². The minimum absolute atomic E-state index is 0.109. The number of anilines is 1. The number of halogens is 1. The van der Waals surface area contributed by atoms with Gasteiger partial charge < -0.3 is 19.7 Å². The number of nitrogens with zero attached hydrogens (tertiary/aromatic N) is 1. The highest BCUT2D eigenvalue weighted by Crippen LogP contribution is 2.29. The molecule has 0 fully saturated rings. The topological polar surface area (TPSA) is 67.9 Å². The van der Waals surface area contributed by atoms with Crippen LogP contribution in [0.4, 0.5) is 10.1 Å². The number of carbonyl (C=O) groups excluding carboxylic acids is 2.